The average Bonchev–Trinajstić information content (AvgIpc) is 2.53. The van der Waals surface area contributed by atoms with Gasteiger partial charge in [0, 0.05) is 11.3 Å². The smallest absolute Gasteiger partial charge is 0.285 e. The zero-order chi connectivity index (χ0) is 16.8. The summed E-state index contributed by atoms with van der Waals surface area (Å²) >= 11 is 0. The average molecular weight is 312 g/mol. The number of nitrogens with one attached hydrogen (secondary N) is 1. The van der Waals surface area contributed by atoms with Gasteiger partial charge in [0.1, 0.15) is 5.56 Å². The molecule has 2 aromatic carbocycles. The lowest BCUT2D eigenvalue weighted by molar-refractivity contribution is -0.385. The molecule has 23 heavy (non-hydrogen) atoms. The van der Waals surface area contributed by atoms with Crippen LogP contribution >= 0.6 is 0 Å². The molecule has 0 saturated carbocycles. The number of hydrogen-bond donors (Lipinski definition) is 1. The Bertz CT molecular complexity index is 709. The van der Waals surface area contributed by atoms with E-state index in [1.54, 1.807) is 19.1 Å². The molecule has 0 spiro atoms. The fourth-order valence-electron chi connectivity index (χ4n) is 2.42. The second-order valence-corrected chi connectivity index (χ2v) is 5.48. The number of nitro groups is 1. The van der Waals surface area contributed by atoms with Gasteiger partial charge in [-0.3, -0.25) is 14.9 Å². The fraction of sp³-hybridized carbons (Fsp3) is 0.278. The van der Waals surface area contributed by atoms with Gasteiger partial charge in [-0.05, 0) is 43.5 Å². The predicted molar refractivity (Wildman–Crippen MR) is 90.8 cm³/mol. The van der Waals surface area contributed by atoms with Crippen molar-refractivity contribution in [2.24, 2.45) is 0 Å². The molecule has 120 valence electrons. The second kappa shape index (κ2) is 7.54. The van der Waals surface area contributed by atoms with E-state index in [1.165, 1.54) is 11.6 Å². The van der Waals surface area contributed by atoms with E-state index in [0.29, 0.717) is 11.3 Å². The summed E-state index contributed by atoms with van der Waals surface area (Å²) in [6.45, 7) is 3.76. The molecule has 2 aromatic rings. The van der Waals surface area contributed by atoms with Gasteiger partial charge in [0.25, 0.3) is 11.6 Å². The SMILES string of the molecule is CCCCc1ccc(NC(=O)c2cccc(C)c2[N+](=O)[O-])cc1. The largest absolute Gasteiger partial charge is 0.322 e. The van der Waals surface area contributed by atoms with Gasteiger partial charge >= 0.3 is 0 Å². The highest BCUT2D eigenvalue weighted by Crippen LogP contribution is 2.24. The molecular formula is C18H20N2O3. The van der Waals surface area contributed by atoms with Crippen LogP contribution < -0.4 is 5.32 Å². The third kappa shape index (κ3) is 4.16. The number of aryl methyl sites for hydroxylation is 2. The van der Waals surface area contributed by atoms with E-state index in [4.69, 9.17) is 0 Å². The maximum Gasteiger partial charge on any atom is 0.285 e. The van der Waals surface area contributed by atoms with Crippen molar-refractivity contribution in [2.45, 2.75) is 33.1 Å². The van der Waals surface area contributed by atoms with Gasteiger partial charge in [0.05, 0.1) is 4.92 Å². The summed E-state index contributed by atoms with van der Waals surface area (Å²) in [6.07, 6.45) is 3.27. The molecule has 0 saturated heterocycles. The van der Waals surface area contributed by atoms with Crippen molar-refractivity contribution in [2.75, 3.05) is 5.32 Å². The molecule has 0 radical (unpaired) electrons. The number of nitro benzene ring substituents is 1. The van der Waals surface area contributed by atoms with Crippen molar-refractivity contribution in [3.8, 4) is 0 Å². The van der Waals surface area contributed by atoms with Gasteiger partial charge in [-0.2, -0.15) is 0 Å². The quantitative estimate of drug-likeness (QED) is 0.630. The number of rotatable bonds is 6. The standard InChI is InChI=1S/C18H20N2O3/c1-3-4-7-14-9-11-15(12-10-14)19-18(21)16-8-5-6-13(2)17(16)20(22)23/h5-6,8-12H,3-4,7H2,1-2H3,(H,19,21). The van der Waals surface area contributed by atoms with Gasteiger partial charge < -0.3 is 5.32 Å². The third-order valence-electron chi connectivity index (χ3n) is 3.70. The topological polar surface area (TPSA) is 72.2 Å². The Morgan fingerprint density at radius 1 is 1.17 bits per heavy atom. The van der Waals surface area contributed by atoms with Crippen molar-refractivity contribution in [1.29, 1.82) is 0 Å². The van der Waals surface area contributed by atoms with Crippen molar-refractivity contribution in [3.63, 3.8) is 0 Å². The van der Waals surface area contributed by atoms with Crippen molar-refractivity contribution in [1.82, 2.24) is 0 Å². The van der Waals surface area contributed by atoms with Gasteiger partial charge in [-0.25, -0.2) is 0 Å². The van der Waals surface area contributed by atoms with Crippen molar-refractivity contribution < 1.29 is 9.72 Å². The first kappa shape index (κ1) is 16.7. The van der Waals surface area contributed by atoms with Crippen LogP contribution in [0.5, 0.6) is 0 Å². The number of hydrogen-bond acceptors (Lipinski definition) is 3. The molecule has 0 bridgehead atoms. The first-order valence-corrected chi connectivity index (χ1v) is 7.67. The monoisotopic (exact) mass is 312 g/mol. The summed E-state index contributed by atoms with van der Waals surface area (Å²) in [5.74, 6) is -0.471. The molecule has 5 nitrogen and oxygen atoms in total. The van der Waals surface area contributed by atoms with E-state index in [2.05, 4.69) is 12.2 Å². The summed E-state index contributed by atoms with van der Waals surface area (Å²) in [7, 11) is 0. The molecule has 0 fully saturated rings. The van der Waals surface area contributed by atoms with Crippen LogP contribution in [0.3, 0.4) is 0 Å². The first-order chi connectivity index (χ1) is 11.0. The molecule has 5 heteroatoms. The van der Waals surface area contributed by atoms with Crippen LogP contribution in [0.15, 0.2) is 42.5 Å². The van der Waals surface area contributed by atoms with Crippen LogP contribution in [0.1, 0.15) is 41.3 Å². The maximum atomic E-state index is 12.3. The van der Waals surface area contributed by atoms with Crippen LogP contribution in [0, 0.1) is 17.0 Å². The van der Waals surface area contributed by atoms with Crippen LogP contribution in [0.4, 0.5) is 11.4 Å². The molecule has 0 heterocycles. The number of carbonyl (C=O) groups excluding carboxylic acids is 1. The van der Waals surface area contributed by atoms with Crippen molar-refractivity contribution in [3.05, 3.63) is 69.3 Å². The predicted octanol–water partition coefficient (Wildman–Crippen LogP) is 4.50. The molecule has 0 aromatic heterocycles. The molecule has 0 aliphatic carbocycles. The Kier molecular flexibility index (Phi) is 5.46. The number of carbonyl (C=O) groups is 1. The molecule has 0 atom stereocenters. The van der Waals surface area contributed by atoms with Crippen LogP contribution in [-0.4, -0.2) is 10.8 Å². The zero-order valence-corrected chi connectivity index (χ0v) is 13.3. The highest BCUT2D eigenvalue weighted by molar-refractivity contribution is 6.07. The lowest BCUT2D eigenvalue weighted by Gasteiger charge is -2.08. The van der Waals surface area contributed by atoms with E-state index in [1.807, 2.05) is 24.3 Å². The lowest BCUT2D eigenvalue weighted by Crippen LogP contribution is -2.14. The van der Waals surface area contributed by atoms with E-state index in [0.717, 1.165) is 19.3 Å². The number of benzene rings is 2. The maximum absolute atomic E-state index is 12.3. The van der Waals surface area contributed by atoms with Gasteiger partial charge in [0.2, 0.25) is 0 Å². The Labute approximate surface area is 135 Å². The number of unbranched alkanes of at least 4 members (excludes halogenated alkanes) is 1. The van der Waals surface area contributed by atoms with E-state index < -0.39 is 10.8 Å². The normalized spacial score (nSPS) is 10.3. The Hall–Kier alpha value is -2.69. The minimum Gasteiger partial charge on any atom is -0.322 e. The first-order valence-electron chi connectivity index (χ1n) is 7.67. The molecular weight excluding hydrogens is 292 g/mol. The third-order valence-corrected chi connectivity index (χ3v) is 3.70. The minimum absolute atomic E-state index is 0.0741. The minimum atomic E-state index is -0.516. The molecule has 0 aliphatic heterocycles. The summed E-state index contributed by atoms with van der Waals surface area (Å²) in [6, 6.07) is 12.3. The van der Waals surface area contributed by atoms with Gasteiger partial charge in [-0.1, -0.05) is 37.6 Å². The molecule has 1 amide bonds. The Morgan fingerprint density at radius 2 is 1.87 bits per heavy atom. The zero-order valence-electron chi connectivity index (χ0n) is 13.3. The highest BCUT2D eigenvalue weighted by Gasteiger charge is 2.22. The summed E-state index contributed by atoms with van der Waals surface area (Å²) in [4.78, 5) is 23.0. The highest BCUT2D eigenvalue weighted by atomic mass is 16.6. The summed E-state index contributed by atoms with van der Waals surface area (Å²) < 4.78 is 0. The molecule has 2 rings (SSSR count). The van der Waals surface area contributed by atoms with Crippen LogP contribution in [0.25, 0.3) is 0 Å². The van der Waals surface area contributed by atoms with Gasteiger partial charge in [-0.15, -0.1) is 0 Å². The number of amides is 1. The molecule has 0 unspecified atom stereocenters. The van der Waals surface area contributed by atoms with E-state index in [9.17, 15) is 14.9 Å². The van der Waals surface area contributed by atoms with Crippen molar-refractivity contribution >= 4 is 17.3 Å². The lowest BCUT2D eigenvalue weighted by atomic mass is 10.1. The molecule has 1 N–H and O–H groups in total. The Morgan fingerprint density at radius 3 is 2.48 bits per heavy atom. The summed E-state index contributed by atoms with van der Waals surface area (Å²) in [5.41, 5.74) is 2.24. The van der Waals surface area contributed by atoms with E-state index >= 15 is 0 Å². The van der Waals surface area contributed by atoms with E-state index in [-0.39, 0.29) is 11.3 Å². The van der Waals surface area contributed by atoms with Crippen LogP contribution in [-0.2, 0) is 6.42 Å². The number of para-hydroxylation sites is 1. The van der Waals surface area contributed by atoms with Gasteiger partial charge in [0.15, 0.2) is 0 Å². The number of anilines is 1. The Balaban J connectivity index is 2.16. The summed E-state index contributed by atoms with van der Waals surface area (Å²) in [5, 5.41) is 13.9. The fourth-order valence-corrected chi connectivity index (χ4v) is 2.42. The second-order valence-electron chi connectivity index (χ2n) is 5.48. The van der Waals surface area contributed by atoms with Crippen LogP contribution in [0.2, 0.25) is 0 Å². The molecule has 0 aliphatic rings. The number of nitrogens with zero attached hydrogens (tertiary/aromatic N) is 1.